The Morgan fingerprint density at radius 1 is 1.21 bits per heavy atom. The number of fused-ring (bicyclic) bond motifs is 1. The number of nitrogens with two attached hydrogens (primary N) is 1. The molecule has 1 heterocycles. The lowest BCUT2D eigenvalue weighted by atomic mass is 10.1. The highest BCUT2D eigenvalue weighted by Gasteiger charge is 2.18. The van der Waals surface area contributed by atoms with Crippen molar-refractivity contribution in [2.24, 2.45) is 5.73 Å². The molecule has 2 rings (SSSR count). The molecule has 3 nitrogen and oxygen atoms in total. The molecule has 14 heavy (non-hydrogen) atoms. The smallest absolute Gasteiger partial charge is 0.188 e. The molecule has 0 amide bonds. The summed E-state index contributed by atoms with van der Waals surface area (Å²) < 4.78 is 0. The van der Waals surface area contributed by atoms with Crippen LogP contribution in [0.1, 0.15) is 25.0 Å². The number of hydrogen-bond acceptors (Lipinski definition) is 1. The first kappa shape index (κ1) is 10.6. The summed E-state index contributed by atoms with van der Waals surface area (Å²) in [5.74, 6) is 0.159. The van der Waals surface area contributed by atoms with E-state index in [1.165, 1.54) is 11.1 Å². The summed E-state index contributed by atoms with van der Waals surface area (Å²) in [5, 5.41) is 7.27. The quantitative estimate of drug-likeness (QED) is 0.486. The summed E-state index contributed by atoms with van der Waals surface area (Å²) in [7, 11) is 0. The van der Waals surface area contributed by atoms with Gasteiger partial charge in [-0.3, -0.25) is 5.41 Å². The fraction of sp³-hybridized carbons (Fsp3) is 0.364. The molecule has 0 radical (unpaired) electrons. The second-order valence-corrected chi connectivity index (χ2v) is 3.01. The molecule has 0 atom stereocenters. The summed E-state index contributed by atoms with van der Waals surface area (Å²) >= 11 is 0. The van der Waals surface area contributed by atoms with Crippen LogP contribution in [0.5, 0.6) is 0 Å². The lowest BCUT2D eigenvalue weighted by Gasteiger charge is -2.13. The van der Waals surface area contributed by atoms with Crippen LogP contribution in [0, 0.1) is 5.41 Å². The fourth-order valence-electron chi connectivity index (χ4n) is 1.50. The normalized spacial score (nSPS) is 12.9. The van der Waals surface area contributed by atoms with Gasteiger partial charge in [0.25, 0.3) is 0 Å². The molecule has 0 saturated carbocycles. The van der Waals surface area contributed by atoms with Gasteiger partial charge >= 0.3 is 0 Å². The van der Waals surface area contributed by atoms with Gasteiger partial charge in [0.05, 0.1) is 0 Å². The van der Waals surface area contributed by atoms with Gasteiger partial charge in [-0.15, -0.1) is 0 Å². The van der Waals surface area contributed by atoms with Gasteiger partial charge in [0.2, 0.25) is 0 Å². The minimum absolute atomic E-state index is 0.159. The van der Waals surface area contributed by atoms with E-state index in [0.29, 0.717) is 0 Å². The van der Waals surface area contributed by atoms with Crippen molar-refractivity contribution in [3.05, 3.63) is 35.4 Å². The van der Waals surface area contributed by atoms with Crippen LogP contribution in [-0.4, -0.2) is 10.9 Å². The highest BCUT2D eigenvalue weighted by atomic mass is 15.2. The second kappa shape index (κ2) is 4.65. The molecular weight excluding hydrogens is 174 g/mol. The number of nitrogens with zero attached hydrogens (tertiary/aromatic N) is 1. The van der Waals surface area contributed by atoms with Gasteiger partial charge in [-0.25, -0.2) is 0 Å². The molecule has 3 N–H and O–H groups in total. The van der Waals surface area contributed by atoms with E-state index in [2.05, 4.69) is 12.1 Å². The molecular formula is C11H17N3. The third-order valence-corrected chi connectivity index (χ3v) is 2.18. The van der Waals surface area contributed by atoms with Crippen LogP contribution >= 0.6 is 0 Å². The molecule has 1 aromatic rings. The van der Waals surface area contributed by atoms with Crippen LogP contribution < -0.4 is 5.73 Å². The number of benzene rings is 1. The SMILES string of the molecule is CC.N=C(N)N1Cc2ccccc2C1. The Labute approximate surface area is 85.0 Å². The molecule has 1 aliphatic heterocycles. The monoisotopic (exact) mass is 191 g/mol. The maximum absolute atomic E-state index is 7.27. The summed E-state index contributed by atoms with van der Waals surface area (Å²) in [5.41, 5.74) is 7.96. The van der Waals surface area contributed by atoms with Crippen molar-refractivity contribution in [1.29, 1.82) is 5.41 Å². The van der Waals surface area contributed by atoms with Crippen molar-refractivity contribution in [2.75, 3.05) is 0 Å². The minimum atomic E-state index is 0.159. The van der Waals surface area contributed by atoms with E-state index in [9.17, 15) is 0 Å². The van der Waals surface area contributed by atoms with Crippen molar-refractivity contribution in [3.8, 4) is 0 Å². The zero-order valence-corrected chi connectivity index (χ0v) is 8.75. The first-order valence-corrected chi connectivity index (χ1v) is 4.93. The van der Waals surface area contributed by atoms with Gasteiger partial charge in [0.15, 0.2) is 5.96 Å². The Balaban J connectivity index is 0.000000461. The van der Waals surface area contributed by atoms with Gasteiger partial charge < -0.3 is 10.6 Å². The first-order chi connectivity index (χ1) is 6.77. The summed E-state index contributed by atoms with van der Waals surface area (Å²) in [6.07, 6.45) is 0. The molecule has 76 valence electrons. The van der Waals surface area contributed by atoms with Gasteiger partial charge in [-0.1, -0.05) is 38.1 Å². The highest BCUT2D eigenvalue weighted by Crippen LogP contribution is 2.20. The van der Waals surface area contributed by atoms with E-state index in [1.807, 2.05) is 30.9 Å². The van der Waals surface area contributed by atoms with Crippen LogP contribution in [0.3, 0.4) is 0 Å². The summed E-state index contributed by atoms with van der Waals surface area (Å²) in [6, 6.07) is 8.20. The zero-order valence-electron chi connectivity index (χ0n) is 8.75. The highest BCUT2D eigenvalue weighted by molar-refractivity contribution is 5.75. The minimum Gasteiger partial charge on any atom is -0.370 e. The van der Waals surface area contributed by atoms with Crippen LogP contribution in [-0.2, 0) is 13.1 Å². The largest absolute Gasteiger partial charge is 0.370 e. The Kier molecular flexibility index (Phi) is 3.51. The van der Waals surface area contributed by atoms with Crippen molar-refractivity contribution in [3.63, 3.8) is 0 Å². The Bertz CT molecular complexity index is 295. The summed E-state index contributed by atoms with van der Waals surface area (Å²) in [6.45, 7) is 5.57. The standard InChI is InChI=1S/C9H11N3.C2H6/c10-9(11)12-5-7-3-1-2-4-8(7)6-12;1-2/h1-4H,5-6H2,(H3,10,11);1-2H3. The van der Waals surface area contributed by atoms with Crippen LogP contribution in [0.25, 0.3) is 0 Å². The molecule has 3 heteroatoms. The maximum atomic E-state index is 7.27. The molecule has 1 aromatic carbocycles. The van der Waals surface area contributed by atoms with E-state index in [1.54, 1.807) is 0 Å². The first-order valence-electron chi connectivity index (χ1n) is 4.93. The predicted octanol–water partition coefficient (Wildman–Crippen LogP) is 1.92. The molecule has 0 bridgehead atoms. The second-order valence-electron chi connectivity index (χ2n) is 3.01. The van der Waals surface area contributed by atoms with Gasteiger partial charge in [0.1, 0.15) is 0 Å². The van der Waals surface area contributed by atoms with Crippen molar-refractivity contribution >= 4 is 5.96 Å². The molecule has 0 fully saturated rings. The van der Waals surface area contributed by atoms with Crippen LogP contribution in [0.2, 0.25) is 0 Å². The third-order valence-electron chi connectivity index (χ3n) is 2.18. The third kappa shape index (κ3) is 2.05. The van der Waals surface area contributed by atoms with Gasteiger partial charge in [0, 0.05) is 13.1 Å². The average Bonchev–Trinajstić information content (AvgIpc) is 2.64. The number of rotatable bonds is 0. The average molecular weight is 191 g/mol. The Morgan fingerprint density at radius 2 is 1.64 bits per heavy atom. The van der Waals surface area contributed by atoms with Gasteiger partial charge in [-0.05, 0) is 11.1 Å². The van der Waals surface area contributed by atoms with Crippen molar-refractivity contribution in [2.45, 2.75) is 26.9 Å². The molecule has 0 aliphatic carbocycles. The predicted molar refractivity (Wildman–Crippen MR) is 59.0 cm³/mol. The van der Waals surface area contributed by atoms with E-state index in [4.69, 9.17) is 11.1 Å². The lowest BCUT2D eigenvalue weighted by molar-refractivity contribution is 0.439. The Morgan fingerprint density at radius 3 is 2.00 bits per heavy atom. The molecule has 0 unspecified atom stereocenters. The number of hydrogen-bond donors (Lipinski definition) is 2. The topological polar surface area (TPSA) is 53.1 Å². The van der Waals surface area contributed by atoms with Crippen molar-refractivity contribution < 1.29 is 0 Å². The number of guanidine groups is 1. The van der Waals surface area contributed by atoms with Crippen LogP contribution in [0.4, 0.5) is 0 Å². The lowest BCUT2D eigenvalue weighted by Crippen LogP contribution is -2.31. The van der Waals surface area contributed by atoms with Gasteiger partial charge in [-0.2, -0.15) is 0 Å². The molecule has 0 spiro atoms. The maximum Gasteiger partial charge on any atom is 0.188 e. The summed E-state index contributed by atoms with van der Waals surface area (Å²) in [4.78, 5) is 1.85. The van der Waals surface area contributed by atoms with E-state index < -0.39 is 0 Å². The fourth-order valence-corrected chi connectivity index (χ4v) is 1.50. The molecule has 0 aromatic heterocycles. The van der Waals surface area contributed by atoms with E-state index >= 15 is 0 Å². The van der Waals surface area contributed by atoms with Crippen molar-refractivity contribution in [1.82, 2.24) is 4.90 Å². The van der Waals surface area contributed by atoms with Crippen LogP contribution in [0.15, 0.2) is 24.3 Å². The molecule has 0 saturated heterocycles. The molecule has 1 aliphatic rings. The number of nitrogens with one attached hydrogen (secondary N) is 1. The van der Waals surface area contributed by atoms with E-state index in [0.717, 1.165) is 13.1 Å². The Hall–Kier alpha value is -1.51. The zero-order chi connectivity index (χ0) is 10.6. The van der Waals surface area contributed by atoms with E-state index in [-0.39, 0.29) is 5.96 Å².